The lowest BCUT2D eigenvalue weighted by Gasteiger charge is -2.17. The third-order valence-corrected chi connectivity index (χ3v) is 4.65. The second kappa shape index (κ2) is 9.60. The minimum Gasteiger partial charge on any atom is -0.467 e. The van der Waals surface area contributed by atoms with Crippen molar-refractivity contribution < 1.29 is 23.9 Å². The van der Waals surface area contributed by atoms with E-state index < -0.39 is 24.0 Å². The van der Waals surface area contributed by atoms with E-state index in [1.165, 1.54) is 7.11 Å². The molecule has 156 valence electrons. The standard InChI is InChI=1S/C22H23N3O5/c1-14-16-10-6-7-11-17(16)24-19(14)20(26)23-12-18(21(27)29-2)25-22(28)30-13-15-8-4-3-5-9-15/h3-11,18,24H,12-13H2,1-2H3,(H,23,26)(H,25,28). The zero-order chi connectivity index (χ0) is 21.5. The molecule has 1 heterocycles. The summed E-state index contributed by atoms with van der Waals surface area (Å²) in [4.78, 5) is 39.8. The minimum atomic E-state index is -1.09. The number of aromatic amines is 1. The van der Waals surface area contributed by atoms with Gasteiger partial charge in [0.2, 0.25) is 0 Å². The largest absolute Gasteiger partial charge is 0.467 e. The topological polar surface area (TPSA) is 110 Å². The van der Waals surface area contributed by atoms with E-state index >= 15 is 0 Å². The summed E-state index contributed by atoms with van der Waals surface area (Å²) in [6, 6.07) is 15.6. The van der Waals surface area contributed by atoms with Crippen molar-refractivity contribution in [3.8, 4) is 0 Å². The molecule has 2 amide bonds. The van der Waals surface area contributed by atoms with Crippen LogP contribution in [0.4, 0.5) is 4.79 Å². The highest BCUT2D eigenvalue weighted by atomic mass is 16.6. The second-order valence-corrected chi connectivity index (χ2v) is 6.66. The van der Waals surface area contributed by atoms with Gasteiger partial charge < -0.3 is 25.1 Å². The van der Waals surface area contributed by atoms with Crippen molar-refractivity contribution in [2.75, 3.05) is 13.7 Å². The molecule has 3 rings (SSSR count). The van der Waals surface area contributed by atoms with Crippen LogP contribution in [-0.2, 0) is 20.9 Å². The predicted octanol–water partition coefficient (Wildman–Crippen LogP) is 2.67. The van der Waals surface area contributed by atoms with Gasteiger partial charge in [0.25, 0.3) is 5.91 Å². The number of benzene rings is 2. The SMILES string of the molecule is COC(=O)C(CNC(=O)c1[nH]c2ccccc2c1C)NC(=O)OCc1ccccc1. The summed E-state index contributed by atoms with van der Waals surface area (Å²) in [7, 11) is 1.20. The monoisotopic (exact) mass is 409 g/mol. The van der Waals surface area contributed by atoms with Crippen LogP contribution in [0.5, 0.6) is 0 Å². The molecule has 0 aliphatic rings. The number of ether oxygens (including phenoxy) is 2. The Kier molecular flexibility index (Phi) is 6.69. The number of carbonyl (C=O) groups is 3. The lowest BCUT2D eigenvalue weighted by atomic mass is 10.1. The number of esters is 1. The fraction of sp³-hybridized carbons (Fsp3) is 0.227. The van der Waals surface area contributed by atoms with Crippen molar-refractivity contribution in [3.63, 3.8) is 0 Å². The third kappa shape index (κ3) is 4.96. The summed E-state index contributed by atoms with van der Waals surface area (Å²) in [5.74, 6) is -1.09. The number of hydrogen-bond acceptors (Lipinski definition) is 5. The number of methoxy groups -OCH3 is 1. The van der Waals surface area contributed by atoms with Crippen molar-refractivity contribution in [2.24, 2.45) is 0 Å². The van der Waals surface area contributed by atoms with Crippen molar-refractivity contribution in [1.29, 1.82) is 0 Å². The number of aromatic nitrogens is 1. The second-order valence-electron chi connectivity index (χ2n) is 6.66. The number of carbonyl (C=O) groups excluding carboxylic acids is 3. The van der Waals surface area contributed by atoms with Gasteiger partial charge in [0.05, 0.1) is 7.11 Å². The molecule has 0 radical (unpaired) electrons. The Hall–Kier alpha value is -3.81. The van der Waals surface area contributed by atoms with E-state index in [0.29, 0.717) is 5.69 Å². The first-order chi connectivity index (χ1) is 14.5. The molecule has 0 fully saturated rings. The van der Waals surface area contributed by atoms with Crippen molar-refractivity contribution >= 4 is 28.9 Å². The van der Waals surface area contributed by atoms with E-state index in [9.17, 15) is 14.4 Å². The summed E-state index contributed by atoms with van der Waals surface area (Å²) in [5.41, 5.74) is 2.84. The molecule has 0 aliphatic carbocycles. The maximum Gasteiger partial charge on any atom is 0.408 e. The van der Waals surface area contributed by atoms with Crippen LogP contribution in [0.3, 0.4) is 0 Å². The van der Waals surface area contributed by atoms with Crippen LogP contribution in [0.25, 0.3) is 10.9 Å². The van der Waals surface area contributed by atoms with Gasteiger partial charge in [0.1, 0.15) is 18.3 Å². The number of rotatable bonds is 7. The summed E-state index contributed by atoms with van der Waals surface area (Å²) < 4.78 is 9.84. The van der Waals surface area contributed by atoms with Crippen molar-refractivity contribution in [1.82, 2.24) is 15.6 Å². The van der Waals surface area contributed by atoms with Gasteiger partial charge in [-0.25, -0.2) is 9.59 Å². The minimum absolute atomic E-state index is 0.0567. The van der Waals surface area contributed by atoms with E-state index in [2.05, 4.69) is 15.6 Å². The number of fused-ring (bicyclic) bond motifs is 1. The number of hydrogen-bond donors (Lipinski definition) is 3. The molecule has 0 saturated heterocycles. The molecule has 0 bridgehead atoms. The number of alkyl carbamates (subject to hydrolysis) is 1. The van der Waals surface area contributed by atoms with Crippen LogP contribution in [0.2, 0.25) is 0 Å². The summed E-state index contributed by atoms with van der Waals surface area (Å²) in [6.45, 7) is 1.74. The summed E-state index contributed by atoms with van der Waals surface area (Å²) in [5, 5.41) is 6.02. The molecular formula is C22H23N3O5. The van der Waals surface area contributed by atoms with Crippen LogP contribution in [-0.4, -0.2) is 42.7 Å². The highest BCUT2D eigenvalue weighted by Gasteiger charge is 2.24. The summed E-state index contributed by atoms with van der Waals surface area (Å²) in [6.07, 6.45) is -0.787. The normalized spacial score (nSPS) is 11.5. The Morgan fingerprint density at radius 2 is 1.73 bits per heavy atom. The molecule has 1 atom stereocenters. The van der Waals surface area contributed by atoms with Gasteiger partial charge in [0.15, 0.2) is 0 Å². The first-order valence-electron chi connectivity index (χ1n) is 9.40. The molecular weight excluding hydrogens is 386 g/mol. The number of aryl methyl sites for hydroxylation is 1. The van der Waals surface area contributed by atoms with Gasteiger partial charge >= 0.3 is 12.1 Å². The number of para-hydroxylation sites is 1. The molecule has 8 nitrogen and oxygen atoms in total. The van der Waals surface area contributed by atoms with Gasteiger partial charge in [-0.1, -0.05) is 48.5 Å². The van der Waals surface area contributed by atoms with E-state index in [-0.39, 0.29) is 13.2 Å². The third-order valence-electron chi connectivity index (χ3n) is 4.65. The first kappa shape index (κ1) is 20.9. The Balaban J connectivity index is 1.60. The molecule has 0 aliphatic heterocycles. The Labute approximate surface area is 173 Å². The molecule has 2 aromatic carbocycles. The molecule has 0 saturated carbocycles. The van der Waals surface area contributed by atoms with Crippen molar-refractivity contribution in [3.05, 3.63) is 71.4 Å². The molecule has 1 aromatic heterocycles. The number of H-pyrrole nitrogens is 1. The fourth-order valence-corrected chi connectivity index (χ4v) is 3.04. The van der Waals surface area contributed by atoms with Crippen LogP contribution in [0.1, 0.15) is 21.6 Å². The number of nitrogens with one attached hydrogen (secondary N) is 3. The molecule has 3 aromatic rings. The average Bonchev–Trinajstić information content (AvgIpc) is 3.12. The molecule has 0 spiro atoms. The highest BCUT2D eigenvalue weighted by molar-refractivity contribution is 6.01. The lowest BCUT2D eigenvalue weighted by Crippen LogP contribution is -2.49. The van der Waals surface area contributed by atoms with Crippen LogP contribution in [0, 0.1) is 6.92 Å². The van der Waals surface area contributed by atoms with E-state index in [1.807, 2.05) is 61.5 Å². The van der Waals surface area contributed by atoms with E-state index in [4.69, 9.17) is 9.47 Å². The fourth-order valence-electron chi connectivity index (χ4n) is 3.04. The predicted molar refractivity (Wildman–Crippen MR) is 111 cm³/mol. The first-order valence-corrected chi connectivity index (χ1v) is 9.40. The molecule has 1 unspecified atom stereocenters. The van der Waals surface area contributed by atoms with Crippen molar-refractivity contribution in [2.45, 2.75) is 19.6 Å². The molecule has 30 heavy (non-hydrogen) atoms. The van der Waals surface area contributed by atoms with Crippen LogP contribution < -0.4 is 10.6 Å². The Morgan fingerprint density at radius 3 is 2.43 bits per heavy atom. The number of amides is 2. The van der Waals surface area contributed by atoms with Gasteiger partial charge in [-0.05, 0) is 24.1 Å². The zero-order valence-electron chi connectivity index (χ0n) is 16.7. The van der Waals surface area contributed by atoms with Gasteiger partial charge in [-0.2, -0.15) is 0 Å². The Bertz CT molecular complexity index is 1050. The summed E-state index contributed by atoms with van der Waals surface area (Å²) >= 11 is 0. The zero-order valence-corrected chi connectivity index (χ0v) is 16.7. The Morgan fingerprint density at radius 1 is 1.03 bits per heavy atom. The molecule has 8 heteroatoms. The van der Waals surface area contributed by atoms with E-state index in [0.717, 1.165) is 22.0 Å². The van der Waals surface area contributed by atoms with Crippen LogP contribution >= 0.6 is 0 Å². The maximum atomic E-state index is 12.6. The smallest absolute Gasteiger partial charge is 0.408 e. The quantitative estimate of drug-likeness (QED) is 0.520. The average molecular weight is 409 g/mol. The lowest BCUT2D eigenvalue weighted by molar-refractivity contribution is -0.142. The molecule has 3 N–H and O–H groups in total. The van der Waals surface area contributed by atoms with E-state index in [1.54, 1.807) is 0 Å². The van der Waals surface area contributed by atoms with Crippen LogP contribution in [0.15, 0.2) is 54.6 Å². The van der Waals surface area contributed by atoms with Gasteiger partial charge in [-0.15, -0.1) is 0 Å². The van der Waals surface area contributed by atoms with Gasteiger partial charge in [-0.3, -0.25) is 4.79 Å². The van der Waals surface area contributed by atoms with Gasteiger partial charge in [0, 0.05) is 17.4 Å². The highest BCUT2D eigenvalue weighted by Crippen LogP contribution is 2.21. The maximum absolute atomic E-state index is 12.6.